The molecule has 0 radical (unpaired) electrons. The van der Waals surface area contributed by atoms with Gasteiger partial charge in [0.2, 0.25) is 0 Å². The molecule has 0 aliphatic carbocycles. The third kappa shape index (κ3) is 5.09. The topological polar surface area (TPSA) is 89.1 Å². The number of benzene rings is 2. The van der Waals surface area contributed by atoms with Gasteiger partial charge in [-0.05, 0) is 60.7 Å². The van der Waals surface area contributed by atoms with Gasteiger partial charge in [0, 0.05) is 37.3 Å². The van der Waals surface area contributed by atoms with Crippen LogP contribution in [0.1, 0.15) is 12.8 Å². The molecule has 0 amide bonds. The molecule has 0 aromatic heterocycles. The molecule has 2 aliphatic heterocycles. The molecule has 2 aliphatic rings. The van der Waals surface area contributed by atoms with Gasteiger partial charge in [0.15, 0.2) is 10.9 Å². The number of hydrogen-bond acceptors (Lipinski definition) is 6. The van der Waals surface area contributed by atoms with Crippen molar-refractivity contribution in [3.05, 3.63) is 48.5 Å². The van der Waals surface area contributed by atoms with Crippen molar-refractivity contribution in [3.8, 4) is 5.75 Å². The summed E-state index contributed by atoms with van der Waals surface area (Å²) in [6, 6.07) is 13.2. The van der Waals surface area contributed by atoms with Gasteiger partial charge in [0.05, 0.1) is 25.2 Å². The molecule has 0 saturated carbocycles. The van der Waals surface area contributed by atoms with Gasteiger partial charge in [-0.1, -0.05) is 0 Å². The van der Waals surface area contributed by atoms with Crippen LogP contribution in [0.15, 0.2) is 53.4 Å². The average molecular weight is 464 g/mol. The highest BCUT2D eigenvalue weighted by molar-refractivity contribution is 7.92. The van der Waals surface area contributed by atoms with E-state index in [2.05, 4.69) is 14.9 Å². The number of piperidine rings is 1. The molecule has 4 rings (SSSR count). The number of hydrogen-bond donors (Lipinski definition) is 2. The normalized spacial score (nSPS) is 18.0. The predicted octanol–water partition coefficient (Wildman–Crippen LogP) is 3.03. The summed E-state index contributed by atoms with van der Waals surface area (Å²) >= 11 is 5.52. The SMILES string of the molecule is COc1ccc(NS(=O)(=O)c2ccc(NC(=S)N3CCC4(CC3)OCCO4)cc2)cc1. The summed E-state index contributed by atoms with van der Waals surface area (Å²) in [6.45, 7) is 2.77. The first-order valence-electron chi connectivity index (χ1n) is 10.00. The molecule has 1 spiro atoms. The zero-order valence-corrected chi connectivity index (χ0v) is 18.8. The van der Waals surface area contributed by atoms with Crippen LogP contribution in [0.4, 0.5) is 11.4 Å². The van der Waals surface area contributed by atoms with Gasteiger partial charge in [0.25, 0.3) is 10.0 Å². The van der Waals surface area contributed by atoms with E-state index in [9.17, 15) is 8.42 Å². The number of methoxy groups -OCH3 is 1. The number of rotatable bonds is 5. The Morgan fingerprint density at radius 3 is 2.16 bits per heavy atom. The molecule has 2 fully saturated rings. The van der Waals surface area contributed by atoms with Gasteiger partial charge >= 0.3 is 0 Å². The Morgan fingerprint density at radius 2 is 1.58 bits per heavy atom. The molecule has 2 saturated heterocycles. The summed E-state index contributed by atoms with van der Waals surface area (Å²) < 4.78 is 44.4. The Labute approximate surface area is 187 Å². The zero-order chi connectivity index (χ0) is 21.9. The second-order valence-electron chi connectivity index (χ2n) is 7.38. The predicted molar refractivity (Wildman–Crippen MR) is 122 cm³/mol. The van der Waals surface area contributed by atoms with E-state index in [-0.39, 0.29) is 4.90 Å². The van der Waals surface area contributed by atoms with Crippen LogP contribution in [-0.4, -0.2) is 57.6 Å². The fourth-order valence-corrected chi connectivity index (χ4v) is 4.99. The zero-order valence-electron chi connectivity index (χ0n) is 17.2. The highest BCUT2D eigenvalue weighted by atomic mass is 32.2. The Kier molecular flexibility index (Phi) is 6.33. The molecule has 0 unspecified atom stereocenters. The smallest absolute Gasteiger partial charge is 0.261 e. The standard InChI is InChI=1S/C21H25N3O5S2/c1-27-18-6-2-17(3-7-18)23-31(25,26)19-8-4-16(5-9-19)22-20(30)24-12-10-21(11-13-24)28-14-15-29-21/h2-9,23H,10-15H2,1H3,(H,22,30). The van der Waals surface area contributed by atoms with Gasteiger partial charge in [-0.15, -0.1) is 0 Å². The summed E-state index contributed by atoms with van der Waals surface area (Å²) in [7, 11) is -2.14. The highest BCUT2D eigenvalue weighted by Crippen LogP contribution is 2.31. The van der Waals surface area contributed by atoms with E-state index >= 15 is 0 Å². The lowest BCUT2D eigenvalue weighted by molar-refractivity contribution is -0.180. The Hall–Kier alpha value is -2.40. The lowest BCUT2D eigenvalue weighted by Crippen LogP contribution is -2.48. The first-order valence-corrected chi connectivity index (χ1v) is 11.9. The second-order valence-corrected chi connectivity index (χ2v) is 9.45. The molecule has 166 valence electrons. The van der Waals surface area contributed by atoms with Crippen molar-refractivity contribution < 1.29 is 22.6 Å². The third-order valence-electron chi connectivity index (χ3n) is 5.38. The molecule has 0 atom stereocenters. The molecular weight excluding hydrogens is 438 g/mol. The molecule has 2 heterocycles. The lowest BCUT2D eigenvalue weighted by atomic mass is 10.0. The fraction of sp³-hybridized carbons (Fsp3) is 0.381. The van der Waals surface area contributed by atoms with Crippen molar-refractivity contribution in [2.24, 2.45) is 0 Å². The Morgan fingerprint density at radius 1 is 1.00 bits per heavy atom. The summed E-state index contributed by atoms with van der Waals surface area (Å²) in [5.41, 5.74) is 1.18. The molecule has 0 bridgehead atoms. The maximum absolute atomic E-state index is 12.6. The molecule has 2 aromatic carbocycles. The van der Waals surface area contributed by atoms with E-state index in [1.54, 1.807) is 55.6 Å². The van der Waals surface area contributed by atoms with Crippen LogP contribution in [0.25, 0.3) is 0 Å². The van der Waals surface area contributed by atoms with Crippen LogP contribution in [0, 0.1) is 0 Å². The first kappa shape index (κ1) is 21.8. The van der Waals surface area contributed by atoms with Crippen LogP contribution < -0.4 is 14.8 Å². The summed E-state index contributed by atoms with van der Waals surface area (Å²) in [5.74, 6) is 0.209. The van der Waals surface area contributed by atoms with Gasteiger partial charge in [0.1, 0.15) is 5.75 Å². The molecule has 2 aromatic rings. The van der Waals surface area contributed by atoms with Crippen LogP contribution in [-0.2, 0) is 19.5 Å². The minimum Gasteiger partial charge on any atom is -0.497 e. The number of thiocarbonyl (C=S) groups is 1. The van der Waals surface area contributed by atoms with Crippen molar-refractivity contribution >= 4 is 38.7 Å². The largest absolute Gasteiger partial charge is 0.497 e. The minimum atomic E-state index is -3.70. The maximum atomic E-state index is 12.6. The van der Waals surface area contributed by atoms with Crippen molar-refractivity contribution in [3.63, 3.8) is 0 Å². The third-order valence-corrected chi connectivity index (χ3v) is 7.14. The number of anilines is 2. The average Bonchev–Trinajstić information content (AvgIpc) is 3.22. The van der Waals surface area contributed by atoms with E-state index in [0.717, 1.165) is 31.6 Å². The lowest BCUT2D eigenvalue weighted by Gasteiger charge is -2.38. The van der Waals surface area contributed by atoms with Crippen LogP contribution >= 0.6 is 12.2 Å². The molecule has 31 heavy (non-hydrogen) atoms. The minimum absolute atomic E-state index is 0.162. The van der Waals surface area contributed by atoms with Crippen molar-refractivity contribution in [2.75, 3.05) is 43.5 Å². The molecule has 10 heteroatoms. The number of sulfonamides is 1. The highest BCUT2D eigenvalue weighted by Gasteiger charge is 2.40. The number of ether oxygens (including phenoxy) is 3. The van der Waals surface area contributed by atoms with E-state index < -0.39 is 15.8 Å². The Bertz CT molecular complexity index is 1010. The quantitative estimate of drug-likeness (QED) is 0.654. The van der Waals surface area contributed by atoms with Crippen molar-refractivity contribution in [2.45, 2.75) is 23.5 Å². The number of nitrogens with zero attached hydrogens (tertiary/aromatic N) is 1. The van der Waals surface area contributed by atoms with Gasteiger partial charge in [-0.25, -0.2) is 8.42 Å². The molecular formula is C21H25N3O5S2. The fourth-order valence-electron chi connectivity index (χ4n) is 3.63. The monoisotopic (exact) mass is 463 g/mol. The number of nitrogens with one attached hydrogen (secondary N) is 2. The maximum Gasteiger partial charge on any atom is 0.261 e. The molecule has 2 N–H and O–H groups in total. The van der Waals surface area contributed by atoms with E-state index in [0.29, 0.717) is 29.8 Å². The summed E-state index contributed by atoms with van der Waals surface area (Å²) in [5, 5.41) is 3.78. The van der Waals surface area contributed by atoms with Crippen LogP contribution in [0.3, 0.4) is 0 Å². The van der Waals surface area contributed by atoms with Crippen molar-refractivity contribution in [1.29, 1.82) is 0 Å². The van der Waals surface area contributed by atoms with Gasteiger partial charge < -0.3 is 24.4 Å². The van der Waals surface area contributed by atoms with Crippen LogP contribution in [0.5, 0.6) is 5.75 Å². The molecule has 8 nitrogen and oxygen atoms in total. The van der Waals surface area contributed by atoms with Gasteiger partial charge in [-0.2, -0.15) is 0 Å². The summed E-state index contributed by atoms with van der Waals surface area (Å²) in [6.07, 6.45) is 1.53. The first-order chi connectivity index (χ1) is 14.9. The summed E-state index contributed by atoms with van der Waals surface area (Å²) in [4.78, 5) is 2.23. The number of likely N-dealkylation sites (tertiary alicyclic amines) is 1. The van der Waals surface area contributed by atoms with E-state index in [1.807, 2.05) is 0 Å². The van der Waals surface area contributed by atoms with Crippen molar-refractivity contribution in [1.82, 2.24) is 4.90 Å². The van der Waals surface area contributed by atoms with E-state index in [4.69, 9.17) is 26.4 Å². The van der Waals surface area contributed by atoms with Crippen LogP contribution in [0.2, 0.25) is 0 Å². The van der Waals surface area contributed by atoms with Gasteiger partial charge in [-0.3, -0.25) is 4.72 Å². The second kappa shape index (κ2) is 8.99. The van der Waals surface area contributed by atoms with E-state index in [1.165, 1.54) is 0 Å². The Balaban J connectivity index is 1.34.